The number of unbranched alkanes of at least 4 members (excludes halogenated alkanes) is 2. The molecule has 2 aromatic heterocycles. The number of aromatic nitrogens is 4. The van der Waals surface area contributed by atoms with Crippen LogP contribution in [0.2, 0.25) is 20.1 Å². The molecule has 0 bridgehead atoms. The van der Waals surface area contributed by atoms with Gasteiger partial charge in [0.25, 0.3) is 0 Å². The molecule has 4 aromatic rings. The first-order chi connectivity index (χ1) is 22.9. The molecule has 254 valence electrons. The van der Waals surface area contributed by atoms with Crippen molar-refractivity contribution in [1.29, 1.82) is 0 Å². The first-order valence-corrected chi connectivity index (χ1v) is 18.2. The second-order valence-corrected chi connectivity index (χ2v) is 13.6. The van der Waals surface area contributed by atoms with Crippen LogP contribution in [0.1, 0.15) is 57.8 Å². The van der Waals surface area contributed by atoms with Gasteiger partial charge in [0.1, 0.15) is 0 Å². The molecule has 2 aromatic carbocycles. The van der Waals surface area contributed by atoms with Gasteiger partial charge < -0.3 is 19.3 Å². The maximum absolute atomic E-state index is 6.04. The predicted octanol–water partition coefficient (Wildman–Crippen LogP) is 9.26. The lowest BCUT2D eigenvalue weighted by molar-refractivity contribution is 0.214. The van der Waals surface area contributed by atoms with Crippen molar-refractivity contribution in [1.82, 2.24) is 29.4 Å². The Morgan fingerprint density at radius 2 is 0.936 bits per heavy atom. The van der Waals surface area contributed by atoms with Crippen molar-refractivity contribution in [3.05, 3.63) is 81.0 Å². The molecule has 6 rings (SSSR count). The normalized spacial score (nSPS) is 15.4. The molecule has 47 heavy (non-hydrogen) atoms. The van der Waals surface area contributed by atoms with Gasteiger partial charge in [0, 0.05) is 24.5 Å². The van der Waals surface area contributed by atoms with Crippen molar-refractivity contribution in [2.75, 3.05) is 52.5 Å². The number of halogens is 4. The van der Waals surface area contributed by atoms with Crippen LogP contribution >= 0.6 is 46.4 Å². The Bertz CT molecular complexity index is 1520. The van der Waals surface area contributed by atoms with E-state index in [2.05, 4.69) is 20.0 Å². The van der Waals surface area contributed by atoms with E-state index in [0.29, 0.717) is 45.1 Å². The van der Waals surface area contributed by atoms with Crippen LogP contribution in [-0.4, -0.2) is 81.8 Å². The molecular formula is C35H44Cl4N6O2. The van der Waals surface area contributed by atoms with Gasteiger partial charge in [-0.1, -0.05) is 52.8 Å². The van der Waals surface area contributed by atoms with Gasteiger partial charge in [-0.25, -0.2) is 9.36 Å². The molecule has 8 nitrogen and oxygen atoms in total. The first kappa shape index (κ1) is 35.8. The Hall–Kier alpha value is -2.46. The molecule has 0 atom stereocenters. The second kappa shape index (κ2) is 18.9. The van der Waals surface area contributed by atoms with Gasteiger partial charge in [-0.3, -0.25) is 0 Å². The largest absolute Gasteiger partial charge is 0.477 e. The van der Waals surface area contributed by atoms with E-state index >= 15 is 0 Å². The smallest absolute Gasteiger partial charge is 0.233 e. The lowest BCUT2D eigenvalue weighted by Gasteiger charge is -2.26. The summed E-state index contributed by atoms with van der Waals surface area (Å²) in [6, 6.07) is 14.6. The topological polar surface area (TPSA) is 60.6 Å². The maximum atomic E-state index is 6.04. The summed E-state index contributed by atoms with van der Waals surface area (Å²) in [5.41, 5.74) is 1.73. The second-order valence-electron chi connectivity index (χ2n) is 12.0. The summed E-state index contributed by atoms with van der Waals surface area (Å²) in [6.45, 7) is 8.80. The highest BCUT2D eigenvalue weighted by molar-refractivity contribution is 6.42. The van der Waals surface area contributed by atoms with Crippen LogP contribution in [0.25, 0.3) is 11.4 Å². The van der Waals surface area contributed by atoms with Gasteiger partial charge in [0.15, 0.2) is 0 Å². The molecule has 0 radical (unpaired) electrons. The number of rotatable bonds is 14. The van der Waals surface area contributed by atoms with E-state index in [0.717, 1.165) is 24.2 Å². The zero-order valence-electron chi connectivity index (χ0n) is 26.8. The number of benzene rings is 2. The Morgan fingerprint density at radius 3 is 1.36 bits per heavy atom. The molecule has 0 N–H and O–H groups in total. The SMILES string of the molecule is Clc1ccc(-n2ccc(OCCCCN3CCCC3)n2)cc1Cl.Clc1ccc(-n2ccc(OCCCCN3CCCCC3)n2)cc1Cl. The van der Waals surface area contributed by atoms with Gasteiger partial charge in [-0.2, -0.15) is 0 Å². The Labute approximate surface area is 298 Å². The highest BCUT2D eigenvalue weighted by atomic mass is 35.5. The fraction of sp³-hybridized carbons (Fsp3) is 0.486. The number of nitrogens with zero attached hydrogens (tertiary/aromatic N) is 6. The Balaban J connectivity index is 0.000000185. The van der Waals surface area contributed by atoms with E-state index in [1.54, 1.807) is 33.6 Å². The van der Waals surface area contributed by atoms with E-state index < -0.39 is 0 Å². The molecule has 0 saturated carbocycles. The quantitative estimate of drug-likeness (QED) is 0.121. The van der Waals surface area contributed by atoms with Gasteiger partial charge in [-0.05, 0) is 127 Å². The van der Waals surface area contributed by atoms with Crippen molar-refractivity contribution in [3.63, 3.8) is 0 Å². The molecule has 2 aliphatic heterocycles. The minimum atomic E-state index is 0.518. The van der Waals surface area contributed by atoms with Crippen molar-refractivity contribution in [2.24, 2.45) is 0 Å². The van der Waals surface area contributed by atoms with Crippen LogP contribution < -0.4 is 9.47 Å². The molecular weight excluding hydrogens is 678 g/mol. The van der Waals surface area contributed by atoms with E-state index in [-0.39, 0.29) is 0 Å². The van der Waals surface area contributed by atoms with Crippen LogP contribution in [-0.2, 0) is 0 Å². The summed E-state index contributed by atoms with van der Waals surface area (Å²) in [5, 5.41) is 10.9. The van der Waals surface area contributed by atoms with E-state index in [4.69, 9.17) is 55.9 Å². The zero-order chi connectivity index (χ0) is 32.8. The lowest BCUT2D eigenvalue weighted by Crippen LogP contribution is -2.30. The average Bonchev–Trinajstić information content (AvgIpc) is 3.88. The van der Waals surface area contributed by atoms with Crippen LogP contribution in [0.5, 0.6) is 11.8 Å². The molecule has 12 heteroatoms. The fourth-order valence-corrected chi connectivity index (χ4v) is 6.31. The lowest BCUT2D eigenvalue weighted by atomic mass is 10.1. The average molecular weight is 723 g/mol. The van der Waals surface area contributed by atoms with Crippen LogP contribution in [0.4, 0.5) is 0 Å². The van der Waals surface area contributed by atoms with Gasteiger partial charge >= 0.3 is 0 Å². The Morgan fingerprint density at radius 1 is 0.511 bits per heavy atom. The molecule has 2 saturated heterocycles. The van der Waals surface area contributed by atoms with Gasteiger partial charge in [0.2, 0.25) is 11.8 Å². The zero-order valence-corrected chi connectivity index (χ0v) is 29.8. The van der Waals surface area contributed by atoms with Crippen molar-refractivity contribution in [2.45, 2.75) is 57.8 Å². The molecule has 0 unspecified atom stereocenters. The fourth-order valence-electron chi connectivity index (χ4n) is 5.73. The molecule has 0 amide bonds. The third-order valence-electron chi connectivity index (χ3n) is 8.35. The van der Waals surface area contributed by atoms with E-state index in [1.165, 1.54) is 84.2 Å². The minimum Gasteiger partial charge on any atom is -0.477 e. The summed E-state index contributed by atoms with van der Waals surface area (Å²) in [7, 11) is 0. The maximum Gasteiger partial charge on any atom is 0.233 e. The third-order valence-corrected chi connectivity index (χ3v) is 9.83. The molecule has 2 fully saturated rings. The van der Waals surface area contributed by atoms with E-state index in [1.807, 2.05) is 36.7 Å². The highest BCUT2D eigenvalue weighted by Crippen LogP contribution is 2.26. The molecule has 0 aliphatic carbocycles. The summed E-state index contributed by atoms with van der Waals surface area (Å²) in [5.74, 6) is 1.27. The van der Waals surface area contributed by atoms with Crippen molar-refractivity contribution >= 4 is 46.4 Å². The monoisotopic (exact) mass is 720 g/mol. The molecule has 4 heterocycles. The summed E-state index contributed by atoms with van der Waals surface area (Å²) in [4.78, 5) is 5.08. The Kier molecular flexibility index (Phi) is 14.4. The number of ether oxygens (including phenoxy) is 2. The van der Waals surface area contributed by atoms with Gasteiger partial charge in [0.05, 0.1) is 44.7 Å². The number of hydrogen-bond donors (Lipinski definition) is 0. The molecule has 0 spiro atoms. The van der Waals surface area contributed by atoms with Crippen molar-refractivity contribution < 1.29 is 9.47 Å². The third kappa shape index (κ3) is 11.6. The van der Waals surface area contributed by atoms with Crippen LogP contribution in [0.3, 0.4) is 0 Å². The number of likely N-dealkylation sites (tertiary alicyclic amines) is 2. The minimum absolute atomic E-state index is 0.518. The van der Waals surface area contributed by atoms with Crippen LogP contribution in [0.15, 0.2) is 60.9 Å². The number of piperidine rings is 1. The first-order valence-electron chi connectivity index (χ1n) is 16.7. The predicted molar refractivity (Wildman–Crippen MR) is 193 cm³/mol. The van der Waals surface area contributed by atoms with Gasteiger partial charge in [-0.15, -0.1) is 10.2 Å². The van der Waals surface area contributed by atoms with Crippen LogP contribution in [0, 0.1) is 0 Å². The standard InChI is InChI=1S/C18H23Cl2N3O.C17H21Cl2N3O/c19-16-7-6-15(14-17(16)20)23-12-8-18(21-23)24-13-5-4-11-22-9-2-1-3-10-22;18-15-6-5-14(13-16(15)19)22-11-7-17(20-22)23-12-4-3-10-21-8-1-2-9-21/h6-8,12,14H,1-5,9-11,13H2;5-7,11,13H,1-4,8-10,12H2. The van der Waals surface area contributed by atoms with E-state index in [9.17, 15) is 0 Å². The molecule has 2 aliphatic rings. The summed E-state index contributed by atoms with van der Waals surface area (Å²) in [6.07, 6.45) is 15.0. The number of hydrogen-bond acceptors (Lipinski definition) is 6. The summed E-state index contributed by atoms with van der Waals surface area (Å²) < 4.78 is 14.9. The highest BCUT2D eigenvalue weighted by Gasteiger charge is 2.11. The summed E-state index contributed by atoms with van der Waals surface area (Å²) >= 11 is 23.9. The van der Waals surface area contributed by atoms with Crippen molar-refractivity contribution in [3.8, 4) is 23.1 Å².